The molecule has 5 aromatic rings. The second-order valence-electron chi connectivity index (χ2n) is 9.98. The van der Waals surface area contributed by atoms with E-state index in [0.717, 1.165) is 54.9 Å². The lowest BCUT2D eigenvalue weighted by atomic mass is 10.1. The van der Waals surface area contributed by atoms with Crippen molar-refractivity contribution < 1.29 is 4.79 Å². The van der Waals surface area contributed by atoms with Gasteiger partial charge >= 0.3 is 0 Å². The van der Waals surface area contributed by atoms with E-state index >= 15 is 0 Å². The molecule has 2 aromatic carbocycles. The normalized spacial score (nSPS) is 14.6. The van der Waals surface area contributed by atoms with Crippen LogP contribution in [0.25, 0.3) is 22.2 Å². The van der Waals surface area contributed by atoms with E-state index in [9.17, 15) is 4.79 Å². The van der Waals surface area contributed by atoms with Gasteiger partial charge < -0.3 is 20.1 Å². The van der Waals surface area contributed by atoms with Gasteiger partial charge in [-0.1, -0.05) is 42.5 Å². The van der Waals surface area contributed by atoms with Crippen LogP contribution in [0.5, 0.6) is 0 Å². The van der Waals surface area contributed by atoms with Crippen LogP contribution < -0.4 is 10.6 Å². The highest BCUT2D eigenvalue weighted by molar-refractivity contribution is 6.02. The number of likely N-dealkylation sites (tertiary alicyclic amines) is 1. The maximum Gasteiger partial charge on any atom is 0.275 e. The highest BCUT2D eigenvalue weighted by atomic mass is 16.1. The van der Waals surface area contributed by atoms with E-state index in [4.69, 9.17) is 0 Å². The summed E-state index contributed by atoms with van der Waals surface area (Å²) in [6, 6.07) is 24.8. The summed E-state index contributed by atoms with van der Waals surface area (Å²) in [5.41, 5.74) is 5.42. The Hall–Kier alpha value is -4.43. The number of aromatic amines is 1. The predicted octanol–water partition coefficient (Wildman–Crippen LogP) is 5.23. The molecule has 0 radical (unpaired) electrons. The van der Waals surface area contributed by atoms with Gasteiger partial charge in [0.2, 0.25) is 0 Å². The number of piperidine rings is 1. The lowest BCUT2D eigenvalue weighted by Crippen LogP contribution is -2.36. The van der Waals surface area contributed by atoms with E-state index in [1.54, 1.807) is 12.3 Å². The Balaban J connectivity index is 1.12. The molecule has 6 rings (SSSR count). The molecule has 1 aliphatic heterocycles. The topological polar surface area (TPSA) is 90.9 Å². The second kappa shape index (κ2) is 10.5. The summed E-state index contributed by atoms with van der Waals surface area (Å²) in [4.78, 5) is 19.5. The van der Waals surface area contributed by atoms with Crippen molar-refractivity contribution in [3.8, 4) is 11.3 Å². The van der Waals surface area contributed by atoms with Crippen LogP contribution in [0.2, 0.25) is 0 Å². The summed E-state index contributed by atoms with van der Waals surface area (Å²) in [5.74, 6) is 0.248. The van der Waals surface area contributed by atoms with Gasteiger partial charge in [-0.15, -0.1) is 0 Å². The molecule has 3 aromatic heterocycles. The minimum atomic E-state index is -0.279. The molecule has 0 spiro atoms. The lowest BCUT2D eigenvalue weighted by Gasteiger charge is -2.30. The quantitative estimate of drug-likeness (QED) is 0.282. The van der Waals surface area contributed by atoms with Gasteiger partial charge in [0.1, 0.15) is 11.5 Å². The number of benzene rings is 2. The van der Waals surface area contributed by atoms with Gasteiger partial charge in [0.05, 0.1) is 17.6 Å². The minimum Gasteiger partial charge on any atom is -0.381 e. The number of carbonyl (C=O) groups excluding carboxylic acids is 1. The minimum absolute atomic E-state index is 0.279. The van der Waals surface area contributed by atoms with Crippen molar-refractivity contribution in [2.45, 2.75) is 25.4 Å². The molecule has 4 heterocycles. The maximum absolute atomic E-state index is 12.8. The van der Waals surface area contributed by atoms with Crippen LogP contribution in [0.4, 0.5) is 11.5 Å². The molecule has 0 aliphatic carbocycles. The SMILES string of the molecule is CN1CCC(Nc2ccc(C(=O)Nc3cc(-c4ccc5ccn(Cc6ccccc6)c5c4)n[nH]3)nc2)CC1. The third kappa shape index (κ3) is 5.31. The number of amides is 1. The zero-order chi connectivity index (χ0) is 25.9. The van der Waals surface area contributed by atoms with Gasteiger partial charge in [-0.2, -0.15) is 5.10 Å². The van der Waals surface area contributed by atoms with Crippen LogP contribution in [0.15, 0.2) is 85.2 Å². The van der Waals surface area contributed by atoms with Gasteiger partial charge in [0.25, 0.3) is 5.91 Å². The van der Waals surface area contributed by atoms with E-state index in [1.165, 1.54) is 10.9 Å². The van der Waals surface area contributed by atoms with E-state index in [2.05, 4.69) is 97.1 Å². The van der Waals surface area contributed by atoms with Gasteiger partial charge in [0.15, 0.2) is 0 Å². The Morgan fingerprint density at radius 1 is 1.03 bits per heavy atom. The van der Waals surface area contributed by atoms with Crippen molar-refractivity contribution in [3.05, 3.63) is 96.4 Å². The molecule has 38 heavy (non-hydrogen) atoms. The van der Waals surface area contributed by atoms with Crippen molar-refractivity contribution >= 4 is 28.3 Å². The van der Waals surface area contributed by atoms with Crippen molar-refractivity contribution in [2.75, 3.05) is 30.8 Å². The predicted molar refractivity (Wildman–Crippen MR) is 151 cm³/mol. The number of anilines is 2. The molecule has 3 N–H and O–H groups in total. The molecule has 8 heteroatoms. The standard InChI is InChI=1S/C30H31N7O/c1-36-14-12-24(13-15-36)32-25-9-10-26(31-19-25)30(38)33-29-18-27(34-35-29)23-8-7-22-11-16-37(28(22)17-23)20-21-5-3-2-4-6-21/h2-11,16-19,24,32H,12-15,20H2,1H3,(H2,33,34,35,38). The Morgan fingerprint density at radius 2 is 1.87 bits per heavy atom. The molecule has 0 bridgehead atoms. The highest BCUT2D eigenvalue weighted by Crippen LogP contribution is 2.26. The van der Waals surface area contributed by atoms with E-state index < -0.39 is 0 Å². The van der Waals surface area contributed by atoms with E-state index in [1.807, 2.05) is 18.2 Å². The highest BCUT2D eigenvalue weighted by Gasteiger charge is 2.17. The van der Waals surface area contributed by atoms with E-state index in [-0.39, 0.29) is 5.91 Å². The number of nitrogens with one attached hydrogen (secondary N) is 3. The number of carbonyl (C=O) groups is 1. The Kier molecular flexibility index (Phi) is 6.62. The van der Waals surface area contributed by atoms with Crippen LogP contribution in [0.1, 0.15) is 28.9 Å². The van der Waals surface area contributed by atoms with Crippen LogP contribution in [-0.2, 0) is 6.54 Å². The summed E-state index contributed by atoms with van der Waals surface area (Å²) >= 11 is 0. The average Bonchev–Trinajstić information content (AvgIpc) is 3.58. The molecule has 0 unspecified atom stereocenters. The smallest absolute Gasteiger partial charge is 0.275 e. The van der Waals surface area contributed by atoms with Gasteiger partial charge in [-0.05, 0) is 68.2 Å². The Bertz CT molecular complexity index is 1530. The largest absolute Gasteiger partial charge is 0.381 e. The lowest BCUT2D eigenvalue weighted by molar-refractivity contribution is 0.102. The number of aromatic nitrogens is 4. The van der Waals surface area contributed by atoms with Crippen LogP contribution in [-0.4, -0.2) is 56.7 Å². The number of pyridine rings is 1. The molecule has 1 amide bonds. The third-order valence-electron chi connectivity index (χ3n) is 7.18. The van der Waals surface area contributed by atoms with Gasteiger partial charge in [0, 0.05) is 35.9 Å². The molecule has 192 valence electrons. The number of nitrogens with zero attached hydrogens (tertiary/aromatic N) is 4. The zero-order valence-electron chi connectivity index (χ0n) is 21.4. The molecule has 8 nitrogen and oxygen atoms in total. The van der Waals surface area contributed by atoms with Gasteiger partial charge in [-0.3, -0.25) is 9.89 Å². The second-order valence-corrected chi connectivity index (χ2v) is 9.98. The Labute approximate surface area is 221 Å². The molecule has 0 saturated carbocycles. The summed E-state index contributed by atoms with van der Waals surface area (Å²) in [7, 11) is 2.15. The summed E-state index contributed by atoms with van der Waals surface area (Å²) in [6.45, 7) is 2.98. The van der Waals surface area contributed by atoms with Crippen LogP contribution in [0, 0.1) is 0 Å². The molecular weight excluding hydrogens is 474 g/mol. The third-order valence-corrected chi connectivity index (χ3v) is 7.18. The zero-order valence-corrected chi connectivity index (χ0v) is 21.4. The van der Waals surface area contributed by atoms with Gasteiger partial charge in [-0.25, -0.2) is 4.98 Å². The first-order chi connectivity index (χ1) is 18.6. The van der Waals surface area contributed by atoms with Crippen LogP contribution in [0.3, 0.4) is 0 Å². The van der Waals surface area contributed by atoms with Crippen LogP contribution >= 0.6 is 0 Å². The molecule has 1 saturated heterocycles. The molecule has 1 fully saturated rings. The fraction of sp³-hybridized carbons (Fsp3) is 0.233. The number of hydrogen-bond acceptors (Lipinski definition) is 5. The first kappa shape index (κ1) is 23.9. The number of fused-ring (bicyclic) bond motifs is 1. The molecular formula is C30H31N7O. The Morgan fingerprint density at radius 3 is 2.66 bits per heavy atom. The number of hydrogen-bond donors (Lipinski definition) is 3. The molecule has 0 atom stereocenters. The monoisotopic (exact) mass is 505 g/mol. The maximum atomic E-state index is 12.8. The molecule has 1 aliphatic rings. The summed E-state index contributed by atoms with van der Waals surface area (Å²) in [5, 5.41) is 15.0. The fourth-order valence-electron chi connectivity index (χ4n) is 4.98. The van der Waals surface area contributed by atoms with Crippen molar-refractivity contribution in [1.29, 1.82) is 0 Å². The number of H-pyrrole nitrogens is 1. The van der Waals surface area contributed by atoms with Crippen molar-refractivity contribution in [1.82, 2.24) is 24.6 Å². The number of rotatable bonds is 7. The van der Waals surface area contributed by atoms with Crippen molar-refractivity contribution in [2.24, 2.45) is 0 Å². The summed E-state index contributed by atoms with van der Waals surface area (Å²) in [6.07, 6.45) is 6.05. The summed E-state index contributed by atoms with van der Waals surface area (Å²) < 4.78 is 2.24. The van der Waals surface area contributed by atoms with E-state index in [0.29, 0.717) is 17.6 Å². The first-order valence-corrected chi connectivity index (χ1v) is 13.0. The average molecular weight is 506 g/mol. The first-order valence-electron chi connectivity index (χ1n) is 13.0. The fourth-order valence-corrected chi connectivity index (χ4v) is 4.98. The van der Waals surface area contributed by atoms with Crippen molar-refractivity contribution in [3.63, 3.8) is 0 Å².